The highest BCUT2D eigenvalue weighted by molar-refractivity contribution is 5.79. The molecule has 3 N–H and O–H groups in total. The van der Waals surface area contributed by atoms with E-state index in [1.54, 1.807) is 0 Å². The number of rotatable bonds is 5. The highest BCUT2D eigenvalue weighted by Crippen LogP contribution is 2.21. The molecule has 164 valence electrons. The van der Waals surface area contributed by atoms with Crippen molar-refractivity contribution in [3.8, 4) is 0 Å². The fourth-order valence-corrected chi connectivity index (χ4v) is 4.92. The van der Waals surface area contributed by atoms with Crippen molar-refractivity contribution in [2.75, 3.05) is 39.8 Å². The van der Waals surface area contributed by atoms with Gasteiger partial charge < -0.3 is 19.5 Å². The minimum absolute atomic E-state index is 0.0632. The Morgan fingerprint density at radius 3 is 2.87 bits per heavy atom. The summed E-state index contributed by atoms with van der Waals surface area (Å²) in [5, 5.41) is 13.8. The Kier molecular flexibility index (Phi) is 5.56. The number of likely N-dealkylation sites (N-methyl/N-ethyl adjacent to an activating group) is 1. The maximum absolute atomic E-state index is 13.2. The molecule has 3 aromatic rings. The van der Waals surface area contributed by atoms with E-state index in [-0.39, 0.29) is 17.7 Å². The zero-order valence-electron chi connectivity index (χ0n) is 18.2. The van der Waals surface area contributed by atoms with Crippen LogP contribution < -0.4 is 15.4 Å². The van der Waals surface area contributed by atoms with E-state index in [2.05, 4.69) is 40.5 Å². The summed E-state index contributed by atoms with van der Waals surface area (Å²) in [6.45, 7) is 7.54. The number of quaternary nitrogens is 2. The van der Waals surface area contributed by atoms with E-state index in [9.17, 15) is 4.79 Å². The SMILES string of the molecule is Cc1ccc2[nH]c(=O)c([C@H](c3nnnn3C[C@H]3CCCO3)[NH+]3CC[NH+](C)CC3)cc2c1. The quantitative estimate of drug-likeness (QED) is 0.463. The minimum atomic E-state index is -0.210. The molecule has 0 radical (unpaired) electrons. The maximum atomic E-state index is 13.2. The lowest BCUT2D eigenvalue weighted by molar-refractivity contribution is -1.02. The van der Waals surface area contributed by atoms with Crippen LogP contribution in [0.2, 0.25) is 0 Å². The number of nitrogens with zero attached hydrogens (tertiary/aromatic N) is 4. The summed E-state index contributed by atoms with van der Waals surface area (Å²) >= 11 is 0. The van der Waals surface area contributed by atoms with Gasteiger partial charge in [-0.25, -0.2) is 4.68 Å². The van der Waals surface area contributed by atoms with Crippen molar-refractivity contribution in [2.45, 2.75) is 38.5 Å². The largest absolute Gasteiger partial charge is 0.376 e. The summed E-state index contributed by atoms with van der Waals surface area (Å²) < 4.78 is 7.69. The molecular formula is C22H31N7O2+2. The third kappa shape index (κ3) is 4.13. The van der Waals surface area contributed by atoms with Crippen molar-refractivity contribution < 1.29 is 14.5 Å². The molecule has 0 unspecified atom stereocenters. The maximum Gasteiger partial charge on any atom is 0.258 e. The molecule has 5 rings (SSSR count). The molecular weight excluding hydrogens is 394 g/mol. The molecule has 9 heteroatoms. The summed E-state index contributed by atoms with van der Waals surface area (Å²) in [4.78, 5) is 19.2. The zero-order chi connectivity index (χ0) is 21.4. The first-order valence-electron chi connectivity index (χ1n) is 11.3. The Morgan fingerprint density at radius 2 is 2.10 bits per heavy atom. The number of H-pyrrole nitrogens is 1. The van der Waals surface area contributed by atoms with Crippen LogP contribution in [0.3, 0.4) is 0 Å². The summed E-state index contributed by atoms with van der Waals surface area (Å²) in [6, 6.07) is 7.93. The van der Waals surface area contributed by atoms with Gasteiger partial charge in [0.05, 0.1) is 25.3 Å². The first-order chi connectivity index (χ1) is 15.1. The molecule has 4 heterocycles. The van der Waals surface area contributed by atoms with E-state index in [1.165, 1.54) is 15.4 Å². The van der Waals surface area contributed by atoms with Gasteiger partial charge in [0.1, 0.15) is 26.2 Å². The summed E-state index contributed by atoms with van der Waals surface area (Å²) in [6.07, 6.45) is 2.22. The molecule has 0 spiro atoms. The van der Waals surface area contributed by atoms with Crippen molar-refractivity contribution in [3.63, 3.8) is 0 Å². The van der Waals surface area contributed by atoms with Gasteiger partial charge in [0.15, 0.2) is 6.04 Å². The molecule has 2 fully saturated rings. The topological polar surface area (TPSA) is 94.6 Å². The average Bonchev–Trinajstić information content (AvgIpc) is 3.43. The number of hydrogen-bond donors (Lipinski definition) is 3. The molecule has 1 aromatic carbocycles. The zero-order valence-corrected chi connectivity index (χ0v) is 18.2. The van der Waals surface area contributed by atoms with Crippen molar-refractivity contribution in [3.05, 3.63) is 51.6 Å². The van der Waals surface area contributed by atoms with Gasteiger partial charge in [-0.2, -0.15) is 0 Å². The number of fused-ring (bicyclic) bond motifs is 1. The monoisotopic (exact) mass is 425 g/mol. The molecule has 0 bridgehead atoms. The molecule has 9 nitrogen and oxygen atoms in total. The number of piperazine rings is 1. The van der Waals surface area contributed by atoms with Gasteiger partial charge in [0.25, 0.3) is 5.56 Å². The second-order valence-electron chi connectivity index (χ2n) is 9.05. The molecule has 0 aliphatic carbocycles. The predicted octanol–water partition coefficient (Wildman–Crippen LogP) is -1.50. The molecule has 2 saturated heterocycles. The van der Waals surface area contributed by atoms with Crippen LogP contribution in [-0.4, -0.2) is 71.1 Å². The number of hydrogen-bond acceptors (Lipinski definition) is 5. The standard InChI is InChI=1S/C22H29N7O2/c1-15-5-6-19-16(12-15)13-18(22(30)23-19)20(28-9-7-27(2)8-10-28)21-24-25-26-29(21)14-17-4-3-11-31-17/h5-6,12-13,17,20H,3-4,7-11,14H2,1-2H3,(H,23,30)/p+2/t17-,20-/m1/s1. The molecule has 2 aliphatic heterocycles. The smallest absolute Gasteiger partial charge is 0.258 e. The lowest BCUT2D eigenvalue weighted by Crippen LogP contribution is -3.27. The average molecular weight is 426 g/mol. The van der Waals surface area contributed by atoms with Crippen molar-refractivity contribution in [2.24, 2.45) is 0 Å². The summed E-state index contributed by atoms with van der Waals surface area (Å²) in [5.74, 6) is 0.752. The van der Waals surface area contributed by atoms with Gasteiger partial charge in [0, 0.05) is 12.1 Å². The van der Waals surface area contributed by atoms with E-state index in [4.69, 9.17) is 4.74 Å². The summed E-state index contributed by atoms with van der Waals surface area (Å²) in [7, 11) is 2.22. The number of aromatic nitrogens is 5. The normalized spacial score (nSPS) is 25.2. The summed E-state index contributed by atoms with van der Waals surface area (Å²) in [5.41, 5.74) is 2.69. The van der Waals surface area contributed by atoms with Crippen LogP contribution in [0.5, 0.6) is 0 Å². The number of ether oxygens (including phenoxy) is 1. The van der Waals surface area contributed by atoms with Crippen LogP contribution in [-0.2, 0) is 11.3 Å². The predicted molar refractivity (Wildman–Crippen MR) is 115 cm³/mol. The van der Waals surface area contributed by atoms with Crippen LogP contribution in [0.4, 0.5) is 0 Å². The van der Waals surface area contributed by atoms with Gasteiger partial charge in [-0.1, -0.05) is 11.6 Å². The van der Waals surface area contributed by atoms with E-state index in [1.807, 2.05) is 22.9 Å². The second kappa shape index (κ2) is 8.49. The van der Waals surface area contributed by atoms with Crippen molar-refractivity contribution >= 4 is 10.9 Å². The number of benzene rings is 1. The Labute approximate surface area is 181 Å². The number of nitrogens with one attached hydrogen (secondary N) is 3. The van der Waals surface area contributed by atoms with Crippen molar-refractivity contribution in [1.82, 2.24) is 25.2 Å². The molecule has 0 amide bonds. The number of aryl methyl sites for hydroxylation is 1. The van der Waals surface area contributed by atoms with Gasteiger partial charge >= 0.3 is 0 Å². The van der Waals surface area contributed by atoms with Crippen LogP contribution in [0.25, 0.3) is 10.9 Å². The second-order valence-corrected chi connectivity index (χ2v) is 9.05. The molecule has 0 saturated carbocycles. The lowest BCUT2D eigenvalue weighted by Gasteiger charge is -2.32. The molecule has 2 aromatic heterocycles. The first-order valence-corrected chi connectivity index (χ1v) is 11.3. The van der Waals surface area contributed by atoms with Crippen molar-refractivity contribution in [1.29, 1.82) is 0 Å². The lowest BCUT2D eigenvalue weighted by atomic mass is 10.0. The Hall–Kier alpha value is -2.62. The molecule has 31 heavy (non-hydrogen) atoms. The van der Waals surface area contributed by atoms with Gasteiger partial charge in [-0.3, -0.25) is 4.79 Å². The third-order valence-corrected chi connectivity index (χ3v) is 6.71. The Morgan fingerprint density at radius 1 is 1.26 bits per heavy atom. The van der Waals surface area contributed by atoms with Crippen LogP contribution >= 0.6 is 0 Å². The van der Waals surface area contributed by atoms with Crippen LogP contribution in [0, 0.1) is 6.92 Å². The fourth-order valence-electron chi connectivity index (χ4n) is 4.92. The Bertz CT molecular complexity index is 1110. The third-order valence-electron chi connectivity index (χ3n) is 6.71. The molecule has 2 aliphatic rings. The first kappa shape index (κ1) is 20.3. The number of pyridine rings is 1. The van der Waals surface area contributed by atoms with E-state index >= 15 is 0 Å². The van der Waals surface area contributed by atoms with E-state index in [0.29, 0.717) is 6.54 Å². The minimum Gasteiger partial charge on any atom is -0.376 e. The van der Waals surface area contributed by atoms with Gasteiger partial charge in [0.2, 0.25) is 5.82 Å². The fraction of sp³-hybridized carbons (Fsp3) is 0.545. The highest BCUT2D eigenvalue weighted by Gasteiger charge is 2.37. The van der Waals surface area contributed by atoms with E-state index < -0.39 is 0 Å². The Balaban J connectivity index is 1.59. The van der Waals surface area contributed by atoms with Gasteiger partial charge in [-0.15, -0.1) is 5.10 Å². The van der Waals surface area contributed by atoms with Crippen LogP contribution in [0.1, 0.15) is 35.8 Å². The van der Waals surface area contributed by atoms with E-state index in [0.717, 1.165) is 67.9 Å². The molecule has 2 atom stereocenters. The van der Waals surface area contributed by atoms with Crippen LogP contribution in [0.15, 0.2) is 29.1 Å². The van der Waals surface area contributed by atoms with Gasteiger partial charge in [-0.05, 0) is 53.8 Å². The number of aromatic amines is 1. The highest BCUT2D eigenvalue weighted by atomic mass is 16.5. The number of tetrazole rings is 1.